The molecule has 1 atom stereocenters. The monoisotopic (exact) mass is 247 g/mol. The summed E-state index contributed by atoms with van der Waals surface area (Å²) in [6.45, 7) is 4.08. The molecule has 0 saturated heterocycles. The average molecular weight is 247 g/mol. The fraction of sp³-hybridized carbons (Fsp3) is 0.500. The maximum Gasteiger partial charge on any atom is 0.238 e. The highest BCUT2D eigenvalue weighted by Gasteiger charge is 2.29. The Morgan fingerprint density at radius 3 is 2.22 bits per heavy atom. The van der Waals surface area contributed by atoms with E-state index >= 15 is 0 Å². The number of hydrogen-bond donors (Lipinski definition) is 2. The Morgan fingerprint density at radius 2 is 1.78 bits per heavy atom. The Balaban J connectivity index is 2.02. The standard InChI is InChI=1S/C14H21N3O/c1-14(16,13(15)18)10-17-8-6-11-4-2-3-5-12(11)7-9-17/h2-5H,6-10,16H2,1H3,(H2,15,18). The quantitative estimate of drug-likeness (QED) is 0.806. The van der Waals surface area contributed by atoms with Gasteiger partial charge in [-0.05, 0) is 30.9 Å². The highest BCUT2D eigenvalue weighted by atomic mass is 16.1. The van der Waals surface area contributed by atoms with E-state index in [2.05, 4.69) is 29.2 Å². The molecule has 0 fully saturated rings. The fourth-order valence-corrected chi connectivity index (χ4v) is 2.41. The Labute approximate surface area is 108 Å². The molecule has 0 aliphatic carbocycles. The van der Waals surface area contributed by atoms with Gasteiger partial charge in [0.15, 0.2) is 0 Å². The third kappa shape index (κ3) is 2.89. The lowest BCUT2D eigenvalue weighted by Crippen LogP contribution is -2.57. The Bertz CT molecular complexity index is 415. The van der Waals surface area contributed by atoms with Crippen LogP contribution < -0.4 is 11.5 Å². The van der Waals surface area contributed by atoms with E-state index in [1.54, 1.807) is 6.92 Å². The summed E-state index contributed by atoms with van der Waals surface area (Å²) in [5.74, 6) is -0.440. The zero-order valence-electron chi connectivity index (χ0n) is 10.9. The van der Waals surface area contributed by atoms with Gasteiger partial charge in [0.2, 0.25) is 5.91 Å². The Kier molecular flexibility index (Phi) is 3.68. The van der Waals surface area contributed by atoms with Gasteiger partial charge >= 0.3 is 0 Å². The predicted octanol–water partition coefficient (Wildman–Crippen LogP) is 0.290. The van der Waals surface area contributed by atoms with Crippen molar-refractivity contribution < 1.29 is 4.79 Å². The number of nitrogens with two attached hydrogens (primary N) is 2. The molecule has 4 nitrogen and oxygen atoms in total. The van der Waals surface area contributed by atoms with Crippen LogP contribution >= 0.6 is 0 Å². The summed E-state index contributed by atoms with van der Waals surface area (Å²) in [7, 11) is 0. The molecule has 4 heteroatoms. The molecule has 1 aliphatic heterocycles. The zero-order valence-corrected chi connectivity index (χ0v) is 10.9. The van der Waals surface area contributed by atoms with Crippen molar-refractivity contribution in [1.29, 1.82) is 0 Å². The molecule has 1 amide bonds. The summed E-state index contributed by atoms with van der Waals surface area (Å²) in [4.78, 5) is 13.5. The van der Waals surface area contributed by atoms with E-state index < -0.39 is 11.4 Å². The highest BCUT2D eigenvalue weighted by Crippen LogP contribution is 2.16. The molecule has 0 spiro atoms. The van der Waals surface area contributed by atoms with E-state index in [0.29, 0.717) is 6.54 Å². The number of hydrogen-bond acceptors (Lipinski definition) is 3. The van der Waals surface area contributed by atoms with Crippen LogP contribution in [0.2, 0.25) is 0 Å². The van der Waals surface area contributed by atoms with Gasteiger partial charge in [0, 0.05) is 19.6 Å². The summed E-state index contributed by atoms with van der Waals surface area (Å²) in [5, 5.41) is 0. The van der Waals surface area contributed by atoms with Crippen LogP contribution in [0, 0.1) is 0 Å². The van der Waals surface area contributed by atoms with Gasteiger partial charge in [-0.3, -0.25) is 4.79 Å². The van der Waals surface area contributed by atoms with E-state index in [0.717, 1.165) is 25.9 Å². The molecule has 18 heavy (non-hydrogen) atoms. The van der Waals surface area contributed by atoms with Crippen LogP contribution in [0.4, 0.5) is 0 Å². The lowest BCUT2D eigenvalue weighted by atomic mass is 10.0. The Morgan fingerprint density at radius 1 is 1.28 bits per heavy atom. The minimum absolute atomic E-state index is 0.440. The molecule has 1 heterocycles. The van der Waals surface area contributed by atoms with E-state index in [-0.39, 0.29) is 0 Å². The second-order valence-electron chi connectivity index (χ2n) is 5.33. The van der Waals surface area contributed by atoms with Gasteiger partial charge in [0.25, 0.3) is 0 Å². The highest BCUT2D eigenvalue weighted by molar-refractivity contribution is 5.84. The molecule has 1 unspecified atom stereocenters. The van der Waals surface area contributed by atoms with Gasteiger partial charge in [-0.15, -0.1) is 0 Å². The fourth-order valence-electron chi connectivity index (χ4n) is 2.41. The van der Waals surface area contributed by atoms with Crippen LogP contribution in [0.15, 0.2) is 24.3 Å². The van der Waals surface area contributed by atoms with Gasteiger partial charge < -0.3 is 16.4 Å². The summed E-state index contributed by atoms with van der Waals surface area (Å²) < 4.78 is 0. The first kappa shape index (κ1) is 13.1. The largest absolute Gasteiger partial charge is 0.368 e. The molecule has 0 saturated carbocycles. The first-order chi connectivity index (χ1) is 8.49. The topological polar surface area (TPSA) is 72.3 Å². The summed E-state index contributed by atoms with van der Waals surface area (Å²) in [5.41, 5.74) is 13.1. The minimum Gasteiger partial charge on any atom is -0.368 e. The smallest absolute Gasteiger partial charge is 0.238 e. The van der Waals surface area contributed by atoms with Crippen molar-refractivity contribution >= 4 is 5.91 Å². The number of carbonyl (C=O) groups is 1. The average Bonchev–Trinajstić information content (AvgIpc) is 2.52. The van der Waals surface area contributed by atoms with Crippen LogP contribution in [0.1, 0.15) is 18.1 Å². The number of amides is 1. The normalized spacial score (nSPS) is 19.7. The number of nitrogens with zero attached hydrogens (tertiary/aromatic N) is 1. The summed E-state index contributed by atoms with van der Waals surface area (Å²) in [6.07, 6.45) is 2.01. The van der Waals surface area contributed by atoms with Gasteiger partial charge in [0.1, 0.15) is 5.54 Å². The van der Waals surface area contributed by atoms with E-state index in [9.17, 15) is 4.79 Å². The predicted molar refractivity (Wildman–Crippen MR) is 72.1 cm³/mol. The minimum atomic E-state index is -0.948. The number of rotatable bonds is 3. The third-order valence-electron chi connectivity index (χ3n) is 3.63. The van der Waals surface area contributed by atoms with E-state index in [4.69, 9.17) is 11.5 Å². The lowest BCUT2D eigenvalue weighted by molar-refractivity contribution is -0.123. The SMILES string of the molecule is CC(N)(CN1CCc2ccccc2CC1)C(N)=O. The van der Waals surface area contributed by atoms with Crippen molar-refractivity contribution in [3.05, 3.63) is 35.4 Å². The molecule has 98 valence electrons. The van der Waals surface area contributed by atoms with Crippen LogP contribution in [-0.2, 0) is 17.6 Å². The third-order valence-corrected chi connectivity index (χ3v) is 3.63. The summed E-state index contributed by atoms with van der Waals surface area (Å²) >= 11 is 0. The van der Waals surface area contributed by atoms with E-state index in [1.165, 1.54) is 11.1 Å². The van der Waals surface area contributed by atoms with Crippen LogP contribution in [0.3, 0.4) is 0 Å². The van der Waals surface area contributed by atoms with Crippen LogP contribution in [-0.4, -0.2) is 36.0 Å². The first-order valence-corrected chi connectivity index (χ1v) is 6.37. The van der Waals surface area contributed by atoms with Crippen molar-refractivity contribution in [2.75, 3.05) is 19.6 Å². The van der Waals surface area contributed by atoms with Crippen molar-refractivity contribution in [1.82, 2.24) is 4.90 Å². The number of primary amides is 1. The van der Waals surface area contributed by atoms with Gasteiger partial charge in [-0.2, -0.15) is 0 Å². The molecule has 0 radical (unpaired) electrons. The van der Waals surface area contributed by atoms with E-state index in [1.807, 2.05) is 0 Å². The Hall–Kier alpha value is -1.39. The number of benzene rings is 1. The molecule has 1 aliphatic rings. The molecule has 1 aromatic carbocycles. The molecular formula is C14H21N3O. The van der Waals surface area contributed by atoms with Crippen LogP contribution in [0.5, 0.6) is 0 Å². The zero-order chi connectivity index (χ0) is 13.2. The van der Waals surface area contributed by atoms with Crippen molar-refractivity contribution in [3.63, 3.8) is 0 Å². The lowest BCUT2D eigenvalue weighted by Gasteiger charge is -2.29. The molecule has 2 rings (SSSR count). The second-order valence-corrected chi connectivity index (χ2v) is 5.33. The van der Waals surface area contributed by atoms with Gasteiger partial charge in [-0.1, -0.05) is 24.3 Å². The van der Waals surface area contributed by atoms with Crippen molar-refractivity contribution in [3.8, 4) is 0 Å². The maximum atomic E-state index is 11.3. The number of fused-ring (bicyclic) bond motifs is 1. The van der Waals surface area contributed by atoms with Crippen molar-refractivity contribution in [2.24, 2.45) is 11.5 Å². The molecule has 1 aromatic rings. The molecule has 0 bridgehead atoms. The molecule has 0 aromatic heterocycles. The van der Waals surface area contributed by atoms with Gasteiger partial charge in [0.05, 0.1) is 0 Å². The maximum absolute atomic E-state index is 11.3. The second kappa shape index (κ2) is 5.08. The first-order valence-electron chi connectivity index (χ1n) is 6.37. The molecule has 4 N–H and O–H groups in total. The number of carbonyl (C=O) groups excluding carboxylic acids is 1. The van der Waals surface area contributed by atoms with Crippen LogP contribution in [0.25, 0.3) is 0 Å². The van der Waals surface area contributed by atoms with Gasteiger partial charge in [-0.25, -0.2) is 0 Å². The van der Waals surface area contributed by atoms with Crippen molar-refractivity contribution in [2.45, 2.75) is 25.3 Å². The summed E-state index contributed by atoms with van der Waals surface area (Å²) in [6, 6.07) is 8.50. The molecular weight excluding hydrogens is 226 g/mol.